The minimum absolute atomic E-state index is 0.160. The van der Waals surface area contributed by atoms with Gasteiger partial charge in [0.2, 0.25) is 0 Å². The van der Waals surface area contributed by atoms with Gasteiger partial charge in [-0.3, -0.25) is 4.79 Å². The van der Waals surface area contributed by atoms with E-state index in [0.717, 1.165) is 11.1 Å². The molecule has 92 valence electrons. The van der Waals surface area contributed by atoms with Gasteiger partial charge in [-0.25, -0.2) is 4.98 Å². The number of amides is 1. The number of benzene rings is 1. The zero-order valence-electron chi connectivity index (χ0n) is 10.2. The quantitative estimate of drug-likeness (QED) is 0.864. The van der Waals surface area contributed by atoms with E-state index in [1.54, 1.807) is 18.3 Å². The van der Waals surface area contributed by atoms with Crippen molar-refractivity contribution < 1.29 is 4.79 Å². The Bertz CT molecular complexity index is 549. The van der Waals surface area contributed by atoms with E-state index >= 15 is 0 Å². The molecule has 0 radical (unpaired) electrons. The summed E-state index contributed by atoms with van der Waals surface area (Å²) in [5.74, 6) is 0.366. The first-order chi connectivity index (χ1) is 8.69. The lowest BCUT2D eigenvalue weighted by Gasteiger charge is -2.05. The summed E-state index contributed by atoms with van der Waals surface area (Å²) in [5, 5.41) is 2.75. The summed E-state index contributed by atoms with van der Waals surface area (Å²) in [6.45, 7) is 2.39. The first-order valence-corrected chi connectivity index (χ1v) is 5.72. The van der Waals surface area contributed by atoms with Crippen LogP contribution in [0.2, 0.25) is 0 Å². The van der Waals surface area contributed by atoms with Crippen LogP contribution in [0.1, 0.15) is 21.5 Å². The van der Waals surface area contributed by atoms with E-state index in [4.69, 9.17) is 5.73 Å². The summed E-state index contributed by atoms with van der Waals surface area (Å²) < 4.78 is 0. The number of aryl methyl sites for hydroxylation is 1. The Morgan fingerprint density at radius 2 is 2.17 bits per heavy atom. The fraction of sp³-hybridized carbons (Fsp3) is 0.143. The van der Waals surface area contributed by atoms with Gasteiger partial charge in [-0.05, 0) is 30.7 Å². The lowest BCUT2D eigenvalue weighted by molar-refractivity contribution is 0.102. The van der Waals surface area contributed by atoms with Gasteiger partial charge in [0.25, 0.3) is 5.91 Å². The smallest absolute Gasteiger partial charge is 0.256 e. The average Bonchev–Trinajstić information content (AvgIpc) is 2.39. The van der Waals surface area contributed by atoms with E-state index in [1.165, 1.54) is 0 Å². The molecule has 4 nitrogen and oxygen atoms in total. The first-order valence-electron chi connectivity index (χ1n) is 5.72. The maximum absolute atomic E-state index is 11.9. The number of carbonyl (C=O) groups is 1. The molecule has 0 bridgehead atoms. The molecule has 0 aliphatic carbocycles. The molecule has 0 aliphatic heterocycles. The Balaban J connectivity index is 2.11. The number of nitrogens with zero attached hydrogens (tertiary/aromatic N) is 1. The molecular formula is C14H15N3O. The van der Waals surface area contributed by atoms with Gasteiger partial charge in [-0.1, -0.05) is 23.8 Å². The number of anilines is 1. The summed E-state index contributed by atoms with van der Waals surface area (Å²) in [6.07, 6.45) is 1.66. The SMILES string of the molecule is Cc1cccc(C(=O)Nc2ccc(CN)cn2)c1. The molecule has 0 unspecified atom stereocenters. The Kier molecular flexibility index (Phi) is 3.69. The van der Waals surface area contributed by atoms with Crippen molar-refractivity contribution in [3.8, 4) is 0 Å². The minimum Gasteiger partial charge on any atom is -0.326 e. The molecule has 0 fully saturated rings. The predicted octanol–water partition coefficient (Wildman–Crippen LogP) is 2.10. The van der Waals surface area contributed by atoms with Gasteiger partial charge in [0, 0.05) is 18.3 Å². The second-order valence-electron chi connectivity index (χ2n) is 4.08. The molecule has 18 heavy (non-hydrogen) atoms. The average molecular weight is 241 g/mol. The van der Waals surface area contributed by atoms with Crippen LogP contribution in [0.3, 0.4) is 0 Å². The van der Waals surface area contributed by atoms with E-state index in [0.29, 0.717) is 17.9 Å². The van der Waals surface area contributed by atoms with Crippen molar-refractivity contribution in [3.05, 3.63) is 59.3 Å². The summed E-state index contributed by atoms with van der Waals surface area (Å²) in [6, 6.07) is 11.0. The molecule has 0 atom stereocenters. The van der Waals surface area contributed by atoms with Gasteiger partial charge in [0.1, 0.15) is 5.82 Å². The van der Waals surface area contributed by atoms with Gasteiger partial charge in [-0.2, -0.15) is 0 Å². The van der Waals surface area contributed by atoms with E-state index < -0.39 is 0 Å². The highest BCUT2D eigenvalue weighted by Crippen LogP contribution is 2.09. The number of nitrogens with two attached hydrogens (primary N) is 1. The summed E-state index contributed by atoms with van der Waals surface area (Å²) in [7, 11) is 0. The standard InChI is InChI=1S/C14H15N3O/c1-10-3-2-4-12(7-10)14(18)17-13-6-5-11(8-15)9-16-13/h2-7,9H,8,15H2,1H3,(H,16,17,18). The van der Waals surface area contributed by atoms with E-state index in [-0.39, 0.29) is 5.91 Å². The molecular weight excluding hydrogens is 226 g/mol. The fourth-order valence-corrected chi connectivity index (χ4v) is 1.59. The van der Waals surface area contributed by atoms with Crippen LogP contribution in [0.25, 0.3) is 0 Å². The highest BCUT2D eigenvalue weighted by molar-refractivity contribution is 6.03. The maximum Gasteiger partial charge on any atom is 0.256 e. The molecule has 3 N–H and O–H groups in total. The number of hydrogen-bond donors (Lipinski definition) is 2. The second kappa shape index (κ2) is 5.42. The van der Waals surface area contributed by atoms with E-state index in [1.807, 2.05) is 31.2 Å². The highest BCUT2D eigenvalue weighted by atomic mass is 16.1. The lowest BCUT2D eigenvalue weighted by atomic mass is 10.1. The van der Waals surface area contributed by atoms with Crippen molar-refractivity contribution >= 4 is 11.7 Å². The van der Waals surface area contributed by atoms with Crippen LogP contribution in [0, 0.1) is 6.92 Å². The summed E-state index contributed by atoms with van der Waals surface area (Å²) in [5.41, 5.74) is 8.09. The van der Waals surface area contributed by atoms with Crippen molar-refractivity contribution in [1.82, 2.24) is 4.98 Å². The van der Waals surface area contributed by atoms with Gasteiger partial charge in [-0.15, -0.1) is 0 Å². The van der Waals surface area contributed by atoms with Crippen molar-refractivity contribution in [2.75, 3.05) is 5.32 Å². The van der Waals surface area contributed by atoms with E-state index in [9.17, 15) is 4.79 Å². The number of rotatable bonds is 3. The highest BCUT2D eigenvalue weighted by Gasteiger charge is 2.06. The Labute approximate surface area is 106 Å². The van der Waals surface area contributed by atoms with Gasteiger partial charge >= 0.3 is 0 Å². The third kappa shape index (κ3) is 2.93. The van der Waals surface area contributed by atoms with Crippen LogP contribution >= 0.6 is 0 Å². The number of pyridine rings is 1. The molecule has 0 saturated heterocycles. The number of carbonyl (C=O) groups excluding carboxylic acids is 1. The van der Waals surface area contributed by atoms with Crippen LogP contribution < -0.4 is 11.1 Å². The largest absolute Gasteiger partial charge is 0.326 e. The van der Waals surface area contributed by atoms with Crippen LogP contribution in [0.4, 0.5) is 5.82 Å². The normalized spacial score (nSPS) is 10.1. The third-order valence-electron chi connectivity index (χ3n) is 2.58. The van der Waals surface area contributed by atoms with Crippen LogP contribution in [-0.2, 0) is 6.54 Å². The summed E-state index contributed by atoms with van der Waals surface area (Å²) >= 11 is 0. The maximum atomic E-state index is 11.9. The Morgan fingerprint density at radius 3 is 2.78 bits per heavy atom. The van der Waals surface area contributed by atoms with Crippen LogP contribution in [0.5, 0.6) is 0 Å². The van der Waals surface area contributed by atoms with Gasteiger partial charge in [0.15, 0.2) is 0 Å². The van der Waals surface area contributed by atoms with Gasteiger partial charge in [0.05, 0.1) is 0 Å². The van der Waals surface area contributed by atoms with Crippen molar-refractivity contribution in [2.24, 2.45) is 5.73 Å². The number of hydrogen-bond acceptors (Lipinski definition) is 3. The zero-order chi connectivity index (χ0) is 13.0. The third-order valence-corrected chi connectivity index (χ3v) is 2.58. The van der Waals surface area contributed by atoms with Crippen molar-refractivity contribution in [3.63, 3.8) is 0 Å². The monoisotopic (exact) mass is 241 g/mol. The molecule has 2 rings (SSSR count). The Morgan fingerprint density at radius 1 is 1.33 bits per heavy atom. The molecule has 0 saturated carbocycles. The molecule has 0 spiro atoms. The predicted molar refractivity (Wildman–Crippen MR) is 71.3 cm³/mol. The number of nitrogens with one attached hydrogen (secondary N) is 1. The molecule has 1 amide bonds. The summed E-state index contributed by atoms with van der Waals surface area (Å²) in [4.78, 5) is 16.1. The number of aromatic nitrogens is 1. The Hall–Kier alpha value is -2.20. The topological polar surface area (TPSA) is 68.0 Å². The molecule has 1 aromatic heterocycles. The molecule has 1 heterocycles. The fourth-order valence-electron chi connectivity index (χ4n) is 1.59. The van der Waals surface area contributed by atoms with Crippen LogP contribution in [-0.4, -0.2) is 10.9 Å². The van der Waals surface area contributed by atoms with E-state index in [2.05, 4.69) is 10.3 Å². The van der Waals surface area contributed by atoms with Crippen molar-refractivity contribution in [2.45, 2.75) is 13.5 Å². The molecule has 0 aliphatic rings. The molecule has 1 aromatic carbocycles. The second-order valence-corrected chi connectivity index (χ2v) is 4.08. The molecule has 2 aromatic rings. The van der Waals surface area contributed by atoms with Gasteiger partial charge < -0.3 is 11.1 Å². The molecule has 4 heteroatoms. The minimum atomic E-state index is -0.160. The van der Waals surface area contributed by atoms with Crippen LogP contribution in [0.15, 0.2) is 42.6 Å². The lowest BCUT2D eigenvalue weighted by Crippen LogP contribution is -2.13. The van der Waals surface area contributed by atoms with Crippen molar-refractivity contribution in [1.29, 1.82) is 0 Å². The first kappa shape index (κ1) is 12.3. The zero-order valence-corrected chi connectivity index (χ0v) is 10.2.